The van der Waals surface area contributed by atoms with Gasteiger partial charge in [0.25, 0.3) is 5.91 Å². The maximum atomic E-state index is 13.0. The van der Waals surface area contributed by atoms with Crippen LogP contribution in [0.1, 0.15) is 21.6 Å². The summed E-state index contributed by atoms with van der Waals surface area (Å²) in [5, 5.41) is 2.67. The second-order valence-electron chi connectivity index (χ2n) is 8.32. The molecule has 0 spiro atoms. The van der Waals surface area contributed by atoms with Crippen LogP contribution < -0.4 is 15.1 Å². The smallest absolute Gasteiger partial charge is 0.378 e. The molecule has 0 aliphatic carbocycles. The fourth-order valence-corrected chi connectivity index (χ4v) is 3.62. The van der Waals surface area contributed by atoms with Crippen molar-refractivity contribution < 1.29 is 22.7 Å². The molecule has 3 heterocycles. The molecule has 184 valence electrons. The highest BCUT2D eigenvalue weighted by Gasteiger charge is 2.33. The third-order valence-corrected chi connectivity index (χ3v) is 5.52. The molecule has 0 radical (unpaired) electrons. The van der Waals surface area contributed by atoms with E-state index in [0.29, 0.717) is 43.6 Å². The fourth-order valence-electron chi connectivity index (χ4n) is 3.62. The lowest BCUT2D eigenvalue weighted by Gasteiger charge is -2.29. The van der Waals surface area contributed by atoms with Gasteiger partial charge >= 0.3 is 6.18 Å². The van der Waals surface area contributed by atoms with Crippen molar-refractivity contribution in [3.05, 3.63) is 59.4 Å². The zero-order valence-corrected chi connectivity index (χ0v) is 19.6. The zero-order chi connectivity index (χ0) is 25.2. The number of carbonyl (C=O) groups excluding carboxylic acids is 1. The molecule has 1 aliphatic heterocycles. The maximum absolute atomic E-state index is 13.0. The van der Waals surface area contributed by atoms with Crippen molar-refractivity contribution in [3.8, 4) is 11.3 Å². The number of halogens is 3. The van der Waals surface area contributed by atoms with Crippen LogP contribution in [-0.2, 0) is 10.9 Å². The first-order chi connectivity index (χ1) is 16.6. The van der Waals surface area contributed by atoms with Gasteiger partial charge in [-0.25, -0.2) is 4.98 Å². The van der Waals surface area contributed by atoms with Crippen molar-refractivity contribution >= 4 is 23.4 Å². The van der Waals surface area contributed by atoms with Crippen molar-refractivity contribution in [1.29, 1.82) is 0 Å². The van der Waals surface area contributed by atoms with Crippen LogP contribution in [-0.4, -0.2) is 61.3 Å². The number of ether oxygens (including phenoxy) is 1. The molecule has 1 aliphatic rings. The van der Waals surface area contributed by atoms with E-state index < -0.39 is 17.8 Å². The van der Waals surface area contributed by atoms with Gasteiger partial charge in [0, 0.05) is 56.3 Å². The van der Waals surface area contributed by atoms with Crippen molar-refractivity contribution in [1.82, 2.24) is 15.0 Å². The highest BCUT2D eigenvalue weighted by Crippen LogP contribution is 2.30. The molecule has 1 fully saturated rings. The summed E-state index contributed by atoms with van der Waals surface area (Å²) in [6.07, 6.45) is -3.67. The van der Waals surface area contributed by atoms with E-state index >= 15 is 0 Å². The molecule has 1 amide bonds. The van der Waals surface area contributed by atoms with E-state index in [2.05, 4.69) is 25.2 Å². The minimum atomic E-state index is -4.64. The van der Waals surface area contributed by atoms with E-state index in [1.165, 1.54) is 6.07 Å². The number of amides is 1. The Morgan fingerprint density at radius 3 is 2.51 bits per heavy atom. The summed E-state index contributed by atoms with van der Waals surface area (Å²) in [5.41, 5.74) is 1.53. The molecule has 0 atom stereocenters. The van der Waals surface area contributed by atoms with Gasteiger partial charge in [-0.15, -0.1) is 0 Å². The maximum Gasteiger partial charge on any atom is 0.433 e. The number of nitrogens with one attached hydrogen (secondary N) is 1. The average Bonchev–Trinajstić information content (AvgIpc) is 2.85. The third-order valence-electron chi connectivity index (χ3n) is 5.52. The van der Waals surface area contributed by atoms with Gasteiger partial charge in [0.15, 0.2) is 0 Å². The van der Waals surface area contributed by atoms with Gasteiger partial charge in [0.05, 0.1) is 18.9 Å². The summed E-state index contributed by atoms with van der Waals surface area (Å²) in [7, 11) is 3.71. The van der Waals surface area contributed by atoms with E-state index in [0.717, 1.165) is 29.2 Å². The number of nitrogens with zero attached hydrogens (tertiary/aromatic N) is 5. The number of alkyl halides is 3. The number of aromatic nitrogens is 3. The van der Waals surface area contributed by atoms with Crippen LogP contribution in [0.5, 0.6) is 0 Å². The first-order valence-corrected chi connectivity index (χ1v) is 11.0. The Labute approximate surface area is 200 Å². The van der Waals surface area contributed by atoms with Crippen molar-refractivity contribution in [2.75, 3.05) is 55.5 Å². The van der Waals surface area contributed by atoms with Gasteiger partial charge in [-0.1, -0.05) is 6.07 Å². The van der Waals surface area contributed by atoms with Crippen LogP contribution >= 0.6 is 0 Å². The van der Waals surface area contributed by atoms with Crippen molar-refractivity contribution in [2.24, 2.45) is 0 Å². The Morgan fingerprint density at radius 2 is 1.83 bits per heavy atom. The quantitative estimate of drug-likeness (QED) is 0.583. The lowest BCUT2D eigenvalue weighted by Crippen LogP contribution is -2.37. The molecule has 35 heavy (non-hydrogen) atoms. The molecular formula is C24H25F3N6O2. The number of anilines is 3. The summed E-state index contributed by atoms with van der Waals surface area (Å²) in [6.45, 7) is 4.57. The van der Waals surface area contributed by atoms with E-state index in [1.54, 1.807) is 12.1 Å². The van der Waals surface area contributed by atoms with Crippen LogP contribution in [0, 0.1) is 6.92 Å². The minimum absolute atomic E-state index is 0.138. The van der Waals surface area contributed by atoms with Crippen LogP contribution in [0.15, 0.2) is 42.6 Å². The number of rotatable bonds is 5. The van der Waals surface area contributed by atoms with Crippen LogP contribution in [0.4, 0.5) is 30.6 Å². The Morgan fingerprint density at radius 1 is 1.09 bits per heavy atom. The van der Waals surface area contributed by atoms with Gasteiger partial charge in [0.1, 0.15) is 11.5 Å². The van der Waals surface area contributed by atoms with E-state index in [-0.39, 0.29) is 5.56 Å². The van der Waals surface area contributed by atoms with E-state index in [1.807, 2.05) is 38.1 Å². The molecular weight excluding hydrogens is 461 g/mol. The van der Waals surface area contributed by atoms with Crippen LogP contribution in [0.3, 0.4) is 0 Å². The predicted molar refractivity (Wildman–Crippen MR) is 127 cm³/mol. The number of carbonyl (C=O) groups is 1. The molecule has 1 aromatic carbocycles. The van der Waals surface area contributed by atoms with Gasteiger partial charge in [0.2, 0.25) is 5.95 Å². The number of hydrogen-bond acceptors (Lipinski definition) is 7. The van der Waals surface area contributed by atoms with Gasteiger partial charge in [-0.2, -0.15) is 18.2 Å². The second-order valence-corrected chi connectivity index (χ2v) is 8.32. The molecule has 0 bridgehead atoms. The topological polar surface area (TPSA) is 83.5 Å². The summed E-state index contributed by atoms with van der Waals surface area (Å²) in [5.74, 6) is 0.639. The monoisotopic (exact) mass is 486 g/mol. The number of hydrogen-bond donors (Lipinski definition) is 1. The number of morpholine rings is 1. The largest absolute Gasteiger partial charge is 0.433 e. The number of benzene rings is 1. The first kappa shape index (κ1) is 24.4. The zero-order valence-electron chi connectivity index (χ0n) is 19.6. The Bertz CT molecular complexity index is 1230. The minimum Gasteiger partial charge on any atom is -0.378 e. The lowest BCUT2D eigenvalue weighted by molar-refractivity contribution is -0.141. The summed E-state index contributed by atoms with van der Waals surface area (Å²) in [6, 6.07) is 9.13. The predicted octanol–water partition coefficient (Wildman–Crippen LogP) is 4.02. The van der Waals surface area contributed by atoms with E-state index in [9.17, 15) is 18.0 Å². The van der Waals surface area contributed by atoms with Crippen LogP contribution in [0.25, 0.3) is 11.3 Å². The molecule has 11 heteroatoms. The summed E-state index contributed by atoms with van der Waals surface area (Å²) < 4.78 is 44.4. The van der Waals surface area contributed by atoms with Gasteiger partial charge in [-0.05, 0) is 36.8 Å². The van der Waals surface area contributed by atoms with Gasteiger partial charge < -0.3 is 19.9 Å². The molecule has 0 unspecified atom stereocenters. The fraction of sp³-hybridized carbons (Fsp3) is 0.333. The Kier molecular flexibility index (Phi) is 6.88. The second kappa shape index (κ2) is 9.87. The first-order valence-electron chi connectivity index (χ1n) is 11.0. The normalized spacial score (nSPS) is 14.1. The standard InChI is InChI=1S/C24H25F3N6O2/c1-15-4-5-17(29-22(34)16-6-7-28-20(12-16)24(25,26)27)13-18(15)19-14-21(31-23(30-19)32(2)3)33-8-10-35-11-9-33/h4-7,12-14H,8-11H2,1-3H3,(H,29,34). The molecule has 4 rings (SSSR count). The molecule has 0 saturated carbocycles. The van der Waals surface area contributed by atoms with Crippen molar-refractivity contribution in [2.45, 2.75) is 13.1 Å². The average molecular weight is 486 g/mol. The number of pyridine rings is 1. The van der Waals surface area contributed by atoms with E-state index in [4.69, 9.17) is 4.74 Å². The SMILES string of the molecule is Cc1ccc(NC(=O)c2ccnc(C(F)(F)F)c2)cc1-c1cc(N2CCOCC2)nc(N(C)C)n1. The third kappa shape index (κ3) is 5.68. The Hall–Kier alpha value is -3.73. The molecule has 1 N–H and O–H groups in total. The lowest BCUT2D eigenvalue weighted by atomic mass is 10.0. The Balaban J connectivity index is 1.66. The summed E-state index contributed by atoms with van der Waals surface area (Å²) >= 11 is 0. The molecule has 3 aromatic rings. The molecule has 8 nitrogen and oxygen atoms in total. The van der Waals surface area contributed by atoms with Crippen molar-refractivity contribution in [3.63, 3.8) is 0 Å². The molecule has 2 aromatic heterocycles. The highest BCUT2D eigenvalue weighted by atomic mass is 19.4. The molecule has 1 saturated heterocycles. The summed E-state index contributed by atoms with van der Waals surface area (Å²) in [4.78, 5) is 29.3. The van der Waals surface area contributed by atoms with Gasteiger partial charge in [-0.3, -0.25) is 9.78 Å². The number of aryl methyl sites for hydroxylation is 1. The highest BCUT2D eigenvalue weighted by molar-refractivity contribution is 6.04. The van der Waals surface area contributed by atoms with Crippen LogP contribution in [0.2, 0.25) is 0 Å².